The summed E-state index contributed by atoms with van der Waals surface area (Å²) in [5.74, 6) is 1.22. The molecule has 1 atom stereocenters. The molecule has 0 fully saturated rings. The van der Waals surface area contributed by atoms with Crippen LogP contribution in [0.4, 0.5) is 0 Å². The molecular weight excluding hydrogens is 352 g/mol. The summed E-state index contributed by atoms with van der Waals surface area (Å²) in [6.07, 6.45) is 3.33. The number of nitrogens with zero attached hydrogens (tertiary/aromatic N) is 3. The van der Waals surface area contributed by atoms with E-state index in [0.29, 0.717) is 17.0 Å². The summed E-state index contributed by atoms with van der Waals surface area (Å²) in [5.41, 5.74) is 2.70. The number of aryl methyl sites for hydroxylation is 1. The minimum atomic E-state index is -0.257. The Kier molecular flexibility index (Phi) is 4.76. The second kappa shape index (κ2) is 7.52. The van der Waals surface area contributed by atoms with Gasteiger partial charge >= 0.3 is 0 Å². The molecule has 2 heterocycles. The van der Waals surface area contributed by atoms with Crippen molar-refractivity contribution < 1.29 is 9.53 Å². The molecule has 4 rings (SSSR count). The van der Waals surface area contributed by atoms with Gasteiger partial charge in [0.15, 0.2) is 5.65 Å². The summed E-state index contributed by atoms with van der Waals surface area (Å²) in [4.78, 5) is 17.3. The molecule has 2 aromatic carbocycles. The molecule has 0 radical (unpaired) electrons. The molecule has 0 saturated carbocycles. The quantitative estimate of drug-likeness (QED) is 0.566. The third kappa shape index (κ3) is 3.57. The third-order valence-electron chi connectivity index (χ3n) is 4.46. The first-order valence-electron chi connectivity index (χ1n) is 9.05. The van der Waals surface area contributed by atoms with E-state index in [-0.39, 0.29) is 11.9 Å². The number of aromatic nitrogens is 3. The van der Waals surface area contributed by atoms with Crippen LogP contribution < -0.4 is 10.1 Å². The monoisotopic (exact) mass is 372 g/mol. The molecule has 0 aliphatic carbocycles. The van der Waals surface area contributed by atoms with Gasteiger partial charge in [-0.3, -0.25) is 4.79 Å². The van der Waals surface area contributed by atoms with Gasteiger partial charge in [-0.2, -0.15) is 5.10 Å². The number of nitrogens with one attached hydrogen (secondary N) is 1. The van der Waals surface area contributed by atoms with E-state index in [1.54, 1.807) is 10.7 Å². The number of fused-ring (bicyclic) bond motifs is 1. The van der Waals surface area contributed by atoms with Gasteiger partial charge in [0.1, 0.15) is 17.1 Å². The van der Waals surface area contributed by atoms with Crippen LogP contribution in [0.1, 0.15) is 34.6 Å². The summed E-state index contributed by atoms with van der Waals surface area (Å²) < 4.78 is 7.61. The Morgan fingerprint density at radius 3 is 2.64 bits per heavy atom. The Balaban J connectivity index is 1.57. The number of rotatable bonds is 5. The number of benzene rings is 2. The molecule has 0 aliphatic heterocycles. The average molecular weight is 372 g/mol. The molecule has 0 spiro atoms. The molecule has 1 amide bonds. The van der Waals surface area contributed by atoms with Crippen molar-refractivity contribution in [2.45, 2.75) is 19.9 Å². The largest absolute Gasteiger partial charge is 0.457 e. The van der Waals surface area contributed by atoms with Gasteiger partial charge in [-0.05, 0) is 38.1 Å². The molecule has 0 aliphatic rings. The van der Waals surface area contributed by atoms with Crippen LogP contribution in [0.2, 0.25) is 0 Å². The maximum atomic E-state index is 12.8. The standard InChI is InChI=1S/C22H20N4O2/c1-15-12-13-26-21(24-15)19(14-23-26)22(27)25-16(2)18-10-6-7-11-20(18)28-17-8-4-3-5-9-17/h3-14,16H,1-2H3,(H,25,27). The van der Waals surface area contributed by atoms with Crippen molar-refractivity contribution in [1.29, 1.82) is 0 Å². The average Bonchev–Trinajstić information content (AvgIpc) is 3.12. The SMILES string of the molecule is Cc1ccn2ncc(C(=O)NC(C)c3ccccc3Oc3ccccc3)c2n1. The molecule has 0 bridgehead atoms. The van der Waals surface area contributed by atoms with E-state index in [1.807, 2.05) is 74.5 Å². The van der Waals surface area contributed by atoms with Gasteiger partial charge < -0.3 is 10.1 Å². The van der Waals surface area contributed by atoms with Crippen LogP contribution in [0.3, 0.4) is 0 Å². The Morgan fingerprint density at radius 2 is 1.82 bits per heavy atom. The Bertz CT molecular complexity index is 1120. The fourth-order valence-corrected chi connectivity index (χ4v) is 3.02. The first-order chi connectivity index (χ1) is 13.6. The van der Waals surface area contributed by atoms with Gasteiger partial charge in [0.2, 0.25) is 0 Å². The topological polar surface area (TPSA) is 68.5 Å². The van der Waals surface area contributed by atoms with E-state index in [0.717, 1.165) is 17.0 Å². The van der Waals surface area contributed by atoms with E-state index < -0.39 is 0 Å². The molecule has 28 heavy (non-hydrogen) atoms. The first kappa shape index (κ1) is 17.7. The summed E-state index contributed by atoms with van der Waals surface area (Å²) in [7, 11) is 0. The van der Waals surface area contributed by atoms with Crippen molar-refractivity contribution in [3.63, 3.8) is 0 Å². The zero-order valence-corrected chi connectivity index (χ0v) is 15.7. The van der Waals surface area contributed by atoms with E-state index in [4.69, 9.17) is 4.74 Å². The lowest BCUT2D eigenvalue weighted by Crippen LogP contribution is -2.27. The number of para-hydroxylation sites is 2. The van der Waals surface area contributed by atoms with Crippen LogP contribution in [0.25, 0.3) is 5.65 Å². The summed E-state index contributed by atoms with van der Waals surface area (Å²) in [6.45, 7) is 3.81. The highest BCUT2D eigenvalue weighted by atomic mass is 16.5. The van der Waals surface area contributed by atoms with Gasteiger partial charge in [0.25, 0.3) is 5.91 Å². The molecule has 6 heteroatoms. The summed E-state index contributed by atoms with van der Waals surface area (Å²) >= 11 is 0. The van der Waals surface area contributed by atoms with Crippen molar-refractivity contribution in [1.82, 2.24) is 19.9 Å². The van der Waals surface area contributed by atoms with Gasteiger partial charge in [0, 0.05) is 17.5 Å². The molecule has 1 unspecified atom stereocenters. The van der Waals surface area contributed by atoms with Gasteiger partial charge in [-0.25, -0.2) is 9.50 Å². The van der Waals surface area contributed by atoms with Crippen LogP contribution in [0, 0.1) is 6.92 Å². The molecule has 4 aromatic rings. The normalized spacial score (nSPS) is 11.9. The van der Waals surface area contributed by atoms with Crippen molar-refractivity contribution in [3.05, 3.63) is 89.9 Å². The number of carbonyl (C=O) groups excluding carboxylic acids is 1. The second-order valence-electron chi connectivity index (χ2n) is 6.54. The van der Waals surface area contributed by atoms with Crippen molar-refractivity contribution in [2.24, 2.45) is 0 Å². The second-order valence-corrected chi connectivity index (χ2v) is 6.54. The fourth-order valence-electron chi connectivity index (χ4n) is 3.02. The predicted molar refractivity (Wildman–Crippen MR) is 107 cm³/mol. The number of carbonyl (C=O) groups is 1. The number of amides is 1. The molecule has 6 nitrogen and oxygen atoms in total. The van der Waals surface area contributed by atoms with Crippen LogP contribution in [0.15, 0.2) is 73.1 Å². The highest BCUT2D eigenvalue weighted by Gasteiger charge is 2.19. The Labute approximate surface area is 162 Å². The smallest absolute Gasteiger partial charge is 0.257 e. The molecule has 0 saturated heterocycles. The minimum absolute atomic E-state index is 0.227. The van der Waals surface area contributed by atoms with E-state index in [1.165, 1.54) is 6.20 Å². The summed E-state index contributed by atoms with van der Waals surface area (Å²) in [5, 5.41) is 7.23. The van der Waals surface area contributed by atoms with Crippen molar-refractivity contribution >= 4 is 11.6 Å². The van der Waals surface area contributed by atoms with Crippen molar-refractivity contribution in [3.8, 4) is 11.5 Å². The Hall–Kier alpha value is -3.67. The van der Waals surface area contributed by atoms with Gasteiger partial charge in [-0.15, -0.1) is 0 Å². The molecular formula is C22H20N4O2. The van der Waals surface area contributed by atoms with Crippen LogP contribution >= 0.6 is 0 Å². The lowest BCUT2D eigenvalue weighted by atomic mass is 10.1. The number of ether oxygens (including phenoxy) is 1. The fraction of sp³-hybridized carbons (Fsp3) is 0.136. The third-order valence-corrected chi connectivity index (χ3v) is 4.46. The van der Waals surface area contributed by atoms with E-state index >= 15 is 0 Å². The van der Waals surface area contributed by atoms with Crippen molar-refractivity contribution in [2.75, 3.05) is 0 Å². The predicted octanol–water partition coefficient (Wildman–Crippen LogP) is 4.32. The van der Waals surface area contributed by atoms with E-state index in [9.17, 15) is 4.79 Å². The Morgan fingerprint density at radius 1 is 1.07 bits per heavy atom. The number of hydrogen-bond donors (Lipinski definition) is 1. The lowest BCUT2D eigenvalue weighted by Gasteiger charge is -2.18. The maximum Gasteiger partial charge on any atom is 0.257 e. The van der Waals surface area contributed by atoms with Gasteiger partial charge in [-0.1, -0.05) is 36.4 Å². The van der Waals surface area contributed by atoms with E-state index in [2.05, 4.69) is 15.4 Å². The minimum Gasteiger partial charge on any atom is -0.457 e. The van der Waals surface area contributed by atoms with Crippen LogP contribution in [-0.2, 0) is 0 Å². The highest BCUT2D eigenvalue weighted by Crippen LogP contribution is 2.29. The highest BCUT2D eigenvalue weighted by molar-refractivity contribution is 5.99. The number of hydrogen-bond acceptors (Lipinski definition) is 4. The summed E-state index contributed by atoms with van der Waals surface area (Å²) in [6, 6.07) is 18.8. The van der Waals surface area contributed by atoms with Crippen LogP contribution in [0.5, 0.6) is 11.5 Å². The molecule has 140 valence electrons. The van der Waals surface area contributed by atoms with Gasteiger partial charge in [0.05, 0.1) is 12.2 Å². The zero-order valence-electron chi connectivity index (χ0n) is 15.7. The maximum absolute atomic E-state index is 12.8. The van der Waals surface area contributed by atoms with Crippen LogP contribution in [-0.4, -0.2) is 20.5 Å². The molecule has 2 aromatic heterocycles. The first-order valence-corrected chi connectivity index (χ1v) is 9.05. The lowest BCUT2D eigenvalue weighted by molar-refractivity contribution is 0.0941. The molecule has 1 N–H and O–H groups in total. The zero-order chi connectivity index (χ0) is 19.5.